The Kier molecular flexibility index (Phi) is 5.39. The lowest BCUT2D eigenvalue weighted by atomic mass is 10.2. The molecule has 13 heavy (non-hydrogen) atoms. The Bertz CT molecular complexity index is 295. The van der Waals surface area contributed by atoms with Gasteiger partial charge in [0.2, 0.25) is 0 Å². The van der Waals surface area contributed by atoms with E-state index in [0.717, 1.165) is 5.56 Å². The monoisotopic (exact) mass is 244 g/mol. The van der Waals surface area contributed by atoms with Crippen LogP contribution in [0.1, 0.15) is 29.8 Å². The summed E-state index contributed by atoms with van der Waals surface area (Å²) in [6.45, 7) is 5.91. The van der Waals surface area contributed by atoms with E-state index in [0.29, 0.717) is 10.0 Å². The Balaban J connectivity index is 0.000000671. The molecule has 72 valence electrons. The van der Waals surface area contributed by atoms with Crippen LogP contribution >= 0.6 is 15.9 Å². The highest BCUT2D eigenvalue weighted by Gasteiger charge is 2.06. The standard InChI is InChI=1S/C8H7BrO2.C2H6/c1-5-2-3-6(8(10)11)7(9)4-5;1-2/h2-4H,1H3,(H,10,11);1-2H3. The van der Waals surface area contributed by atoms with E-state index in [1.54, 1.807) is 18.2 Å². The Morgan fingerprint density at radius 2 is 1.92 bits per heavy atom. The molecule has 3 heteroatoms. The molecule has 1 aromatic rings. The molecule has 0 aliphatic rings. The van der Waals surface area contributed by atoms with Gasteiger partial charge >= 0.3 is 5.97 Å². The average Bonchev–Trinajstić information content (AvgIpc) is 2.07. The number of hydrogen-bond acceptors (Lipinski definition) is 1. The van der Waals surface area contributed by atoms with E-state index in [4.69, 9.17) is 5.11 Å². The summed E-state index contributed by atoms with van der Waals surface area (Å²) in [5.74, 6) is -0.906. The summed E-state index contributed by atoms with van der Waals surface area (Å²) in [6, 6.07) is 5.14. The highest BCUT2D eigenvalue weighted by atomic mass is 79.9. The van der Waals surface area contributed by atoms with Crippen molar-refractivity contribution in [3.63, 3.8) is 0 Å². The summed E-state index contributed by atoms with van der Waals surface area (Å²) >= 11 is 3.17. The number of halogens is 1. The third-order valence-electron chi connectivity index (χ3n) is 1.35. The van der Waals surface area contributed by atoms with Gasteiger partial charge in [-0.15, -0.1) is 0 Å². The van der Waals surface area contributed by atoms with Gasteiger partial charge in [0.1, 0.15) is 0 Å². The van der Waals surface area contributed by atoms with Crippen molar-refractivity contribution >= 4 is 21.9 Å². The van der Waals surface area contributed by atoms with Crippen LogP contribution in [0.2, 0.25) is 0 Å². The fourth-order valence-corrected chi connectivity index (χ4v) is 1.46. The number of carboxylic acids is 1. The molecule has 1 N–H and O–H groups in total. The maximum Gasteiger partial charge on any atom is 0.336 e. The normalized spacial score (nSPS) is 8.62. The molecule has 1 rings (SSSR count). The maximum absolute atomic E-state index is 10.5. The lowest BCUT2D eigenvalue weighted by Crippen LogP contribution is -1.96. The first kappa shape index (κ1) is 12.2. The summed E-state index contributed by atoms with van der Waals surface area (Å²) in [7, 11) is 0. The van der Waals surface area contributed by atoms with E-state index in [2.05, 4.69) is 15.9 Å². The van der Waals surface area contributed by atoms with E-state index >= 15 is 0 Å². The lowest BCUT2D eigenvalue weighted by Gasteiger charge is -1.98. The Morgan fingerprint density at radius 3 is 2.31 bits per heavy atom. The molecule has 0 aliphatic carbocycles. The van der Waals surface area contributed by atoms with Crippen LogP contribution in [0.4, 0.5) is 0 Å². The van der Waals surface area contributed by atoms with Gasteiger partial charge in [0, 0.05) is 4.47 Å². The maximum atomic E-state index is 10.5. The summed E-state index contributed by atoms with van der Waals surface area (Å²) in [4.78, 5) is 10.5. The lowest BCUT2D eigenvalue weighted by molar-refractivity contribution is 0.0696. The van der Waals surface area contributed by atoms with Crippen LogP contribution in [0.3, 0.4) is 0 Å². The molecule has 0 aromatic heterocycles. The van der Waals surface area contributed by atoms with Crippen LogP contribution in [0.5, 0.6) is 0 Å². The highest BCUT2D eigenvalue weighted by molar-refractivity contribution is 9.10. The second kappa shape index (κ2) is 5.75. The second-order valence-corrected chi connectivity index (χ2v) is 3.14. The number of benzene rings is 1. The van der Waals surface area contributed by atoms with Crippen molar-refractivity contribution in [2.75, 3.05) is 0 Å². The van der Waals surface area contributed by atoms with Crippen LogP contribution in [-0.4, -0.2) is 11.1 Å². The number of carboxylic acid groups (broad SMARTS) is 1. The first-order valence-corrected chi connectivity index (χ1v) is 4.90. The summed E-state index contributed by atoms with van der Waals surface area (Å²) < 4.78 is 0.630. The zero-order valence-electron chi connectivity index (χ0n) is 7.97. The second-order valence-electron chi connectivity index (χ2n) is 2.29. The van der Waals surface area contributed by atoms with Crippen molar-refractivity contribution in [2.45, 2.75) is 20.8 Å². The molecule has 1 aromatic carbocycles. The van der Waals surface area contributed by atoms with E-state index in [9.17, 15) is 4.79 Å². The molecule has 0 radical (unpaired) electrons. The van der Waals surface area contributed by atoms with Gasteiger partial charge in [-0.05, 0) is 40.5 Å². The molecule has 0 amide bonds. The summed E-state index contributed by atoms with van der Waals surface area (Å²) in [5, 5.41) is 8.63. The van der Waals surface area contributed by atoms with Crippen molar-refractivity contribution in [1.82, 2.24) is 0 Å². The van der Waals surface area contributed by atoms with E-state index in [1.807, 2.05) is 20.8 Å². The predicted octanol–water partition coefficient (Wildman–Crippen LogP) is 3.48. The van der Waals surface area contributed by atoms with Gasteiger partial charge in [0.05, 0.1) is 5.56 Å². The molecular formula is C10H13BrO2. The predicted molar refractivity (Wildman–Crippen MR) is 57.2 cm³/mol. The third-order valence-corrected chi connectivity index (χ3v) is 2.01. The molecule has 0 saturated heterocycles. The molecule has 0 spiro atoms. The average molecular weight is 245 g/mol. The van der Waals surface area contributed by atoms with Gasteiger partial charge in [-0.3, -0.25) is 0 Å². The van der Waals surface area contributed by atoms with E-state index in [-0.39, 0.29) is 0 Å². The molecule has 0 aliphatic heterocycles. The number of rotatable bonds is 1. The quantitative estimate of drug-likeness (QED) is 0.822. The van der Waals surface area contributed by atoms with E-state index in [1.165, 1.54) is 0 Å². The van der Waals surface area contributed by atoms with Gasteiger partial charge in [0.15, 0.2) is 0 Å². The van der Waals surface area contributed by atoms with Gasteiger partial charge < -0.3 is 5.11 Å². The number of carbonyl (C=O) groups is 1. The fraction of sp³-hybridized carbons (Fsp3) is 0.300. The minimum Gasteiger partial charge on any atom is -0.478 e. The van der Waals surface area contributed by atoms with Crippen LogP contribution < -0.4 is 0 Å². The highest BCUT2D eigenvalue weighted by Crippen LogP contribution is 2.17. The zero-order valence-corrected chi connectivity index (χ0v) is 9.55. The molecule has 0 bridgehead atoms. The summed E-state index contributed by atoms with van der Waals surface area (Å²) in [6.07, 6.45) is 0. The smallest absolute Gasteiger partial charge is 0.336 e. The van der Waals surface area contributed by atoms with Crippen molar-refractivity contribution in [3.8, 4) is 0 Å². The molecule has 0 saturated carbocycles. The van der Waals surface area contributed by atoms with Crippen LogP contribution in [0.15, 0.2) is 22.7 Å². The summed E-state index contributed by atoms with van der Waals surface area (Å²) in [5.41, 5.74) is 1.34. The number of aromatic carboxylic acids is 1. The van der Waals surface area contributed by atoms with Gasteiger partial charge in [-0.25, -0.2) is 4.79 Å². The van der Waals surface area contributed by atoms with Crippen molar-refractivity contribution in [3.05, 3.63) is 33.8 Å². The zero-order chi connectivity index (χ0) is 10.4. The Labute approximate surface area is 86.7 Å². The van der Waals surface area contributed by atoms with Crippen molar-refractivity contribution in [1.29, 1.82) is 0 Å². The minimum atomic E-state index is -0.906. The molecule has 0 unspecified atom stereocenters. The largest absolute Gasteiger partial charge is 0.478 e. The first-order valence-electron chi connectivity index (χ1n) is 4.10. The van der Waals surface area contributed by atoms with Gasteiger partial charge in [-0.2, -0.15) is 0 Å². The topological polar surface area (TPSA) is 37.3 Å². The molecular weight excluding hydrogens is 232 g/mol. The number of hydrogen-bond donors (Lipinski definition) is 1. The fourth-order valence-electron chi connectivity index (χ4n) is 0.794. The third kappa shape index (κ3) is 3.59. The van der Waals surface area contributed by atoms with Crippen molar-refractivity contribution in [2.24, 2.45) is 0 Å². The SMILES string of the molecule is CC.Cc1ccc(C(=O)O)c(Br)c1. The molecule has 0 heterocycles. The number of aryl methyl sites for hydroxylation is 1. The van der Waals surface area contributed by atoms with Crippen LogP contribution in [0, 0.1) is 6.92 Å². The van der Waals surface area contributed by atoms with Gasteiger partial charge in [-0.1, -0.05) is 19.9 Å². The molecule has 0 atom stereocenters. The van der Waals surface area contributed by atoms with Crippen LogP contribution in [-0.2, 0) is 0 Å². The van der Waals surface area contributed by atoms with Crippen molar-refractivity contribution < 1.29 is 9.90 Å². The van der Waals surface area contributed by atoms with E-state index < -0.39 is 5.97 Å². The Hall–Kier alpha value is -0.830. The Morgan fingerprint density at radius 1 is 1.38 bits per heavy atom. The molecule has 0 fully saturated rings. The first-order chi connectivity index (χ1) is 6.11. The van der Waals surface area contributed by atoms with Crippen LogP contribution in [0.25, 0.3) is 0 Å². The minimum absolute atomic E-state index is 0.301. The molecule has 2 nitrogen and oxygen atoms in total. The van der Waals surface area contributed by atoms with Gasteiger partial charge in [0.25, 0.3) is 0 Å².